The zero-order valence-electron chi connectivity index (χ0n) is 11.0. The van der Waals surface area contributed by atoms with E-state index in [1.54, 1.807) is 11.3 Å². The molecule has 20 heavy (non-hydrogen) atoms. The lowest BCUT2D eigenvalue weighted by atomic mass is 10.2. The second-order valence-corrected chi connectivity index (χ2v) is 5.79. The standard InChI is InChI=1S/C13H13ClN2O3S/c1-8(2)13-15-9(7-20-13)6-19-12-5-10(16(17)18)3-4-11(12)14/h3-5,7-8H,6H2,1-2H3. The molecule has 0 bridgehead atoms. The molecule has 1 aromatic carbocycles. The highest BCUT2D eigenvalue weighted by Gasteiger charge is 2.12. The van der Waals surface area contributed by atoms with E-state index in [1.807, 2.05) is 5.38 Å². The highest BCUT2D eigenvalue weighted by molar-refractivity contribution is 7.09. The molecular weight excluding hydrogens is 300 g/mol. The van der Waals surface area contributed by atoms with E-state index in [1.165, 1.54) is 18.2 Å². The van der Waals surface area contributed by atoms with Crippen molar-refractivity contribution in [3.8, 4) is 5.75 Å². The van der Waals surface area contributed by atoms with E-state index in [0.717, 1.165) is 10.7 Å². The minimum atomic E-state index is -0.483. The fourth-order valence-corrected chi connectivity index (χ4v) is 2.51. The second kappa shape index (κ2) is 6.19. The fraction of sp³-hybridized carbons (Fsp3) is 0.308. The summed E-state index contributed by atoms with van der Waals surface area (Å²) in [6, 6.07) is 4.11. The van der Waals surface area contributed by atoms with Gasteiger partial charge in [0.2, 0.25) is 0 Å². The maximum absolute atomic E-state index is 10.7. The zero-order chi connectivity index (χ0) is 14.7. The highest BCUT2D eigenvalue weighted by Crippen LogP contribution is 2.29. The smallest absolute Gasteiger partial charge is 0.273 e. The summed E-state index contributed by atoms with van der Waals surface area (Å²) in [6.45, 7) is 4.38. The van der Waals surface area contributed by atoms with Crippen LogP contribution in [-0.4, -0.2) is 9.91 Å². The average molecular weight is 313 g/mol. The molecule has 5 nitrogen and oxygen atoms in total. The predicted octanol–water partition coefficient (Wildman–Crippen LogP) is 4.41. The Kier molecular flexibility index (Phi) is 4.57. The van der Waals surface area contributed by atoms with E-state index in [9.17, 15) is 10.1 Å². The highest BCUT2D eigenvalue weighted by atomic mass is 35.5. The Bertz CT molecular complexity index is 628. The number of nitro groups is 1. The van der Waals surface area contributed by atoms with Gasteiger partial charge in [-0.1, -0.05) is 25.4 Å². The number of aromatic nitrogens is 1. The van der Waals surface area contributed by atoms with Crippen LogP contribution in [0.15, 0.2) is 23.6 Å². The van der Waals surface area contributed by atoms with Gasteiger partial charge in [0.15, 0.2) is 0 Å². The van der Waals surface area contributed by atoms with Gasteiger partial charge in [-0.25, -0.2) is 4.98 Å². The first kappa shape index (κ1) is 14.7. The molecule has 2 aromatic rings. The fourth-order valence-electron chi connectivity index (χ4n) is 1.52. The molecule has 1 aromatic heterocycles. The van der Waals surface area contributed by atoms with Crippen molar-refractivity contribution in [2.45, 2.75) is 26.4 Å². The third-order valence-corrected chi connectivity index (χ3v) is 4.07. The van der Waals surface area contributed by atoms with Crippen LogP contribution in [-0.2, 0) is 6.61 Å². The van der Waals surface area contributed by atoms with Crippen LogP contribution in [0, 0.1) is 10.1 Å². The minimum Gasteiger partial charge on any atom is -0.485 e. The number of halogens is 1. The van der Waals surface area contributed by atoms with Gasteiger partial charge >= 0.3 is 0 Å². The molecule has 0 saturated heterocycles. The number of rotatable bonds is 5. The molecule has 0 amide bonds. The largest absolute Gasteiger partial charge is 0.485 e. The molecule has 0 aliphatic heterocycles. The van der Waals surface area contributed by atoms with Crippen molar-refractivity contribution < 1.29 is 9.66 Å². The summed E-state index contributed by atoms with van der Waals surface area (Å²) in [5.74, 6) is 0.662. The van der Waals surface area contributed by atoms with Gasteiger partial charge in [0.05, 0.1) is 26.7 Å². The Balaban J connectivity index is 2.09. The molecule has 2 rings (SSSR count). The maximum atomic E-state index is 10.7. The molecular formula is C13H13ClN2O3S. The Morgan fingerprint density at radius 1 is 1.50 bits per heavy atom. The van der Waals surface area contributed by atoms with Crippen LogP contribution in [0.3, 0.4) is 0 Å². The van der Waals surface area contributed by atoms with Crippen LogP contribution in [0.4, 0.5) is 5.69 Å². The molecule has 0 saturated carbocycles. The summed E-state index contributed by atoms with van der Waals surface area (Å²) < 4.78 is 5.51. The van der Waals surface area contributed by atoms with E-state index in [0.29, 0.717) is 16.7 Å². The van der Waals surface area contributed by atoms with Gasteiger partial charge in [-0.3, -0.25) is 10.1 Å². The predicted molar refractivity (Wildman–Crippen MR) is 78.6 cm³/mol. The quantitative estimate of drug-likeness (QED) is 0.606. The zero-order valence-corrected chi connectivity index (χ0v) is 12.6. The van der Waals surface area contributed by atoms with Crippen molar-refractivity contribution in [3.05, 3.63) is 49.4 Å². The van der Waals surface area contributed by atoms with Crippen LogP contribution in [0.5, 0.6) is 5.75 Å². The first-order chi connectivity index (χ1) is 9.47. The van der Waals surface area contributed by atoms with Crippen LogP contribution >= 0.6 is 22.9 Å². The van der Waals surface area contributed by atoms with Crippen molar-refractivity contribution >= 4 is 28.6 Å². The van der Waals surface area contributed by atoms with Crippen LogP contribution in [0.1, 0.15) is 30.5 Å². The Morgan fingerprint density at radius 3 is 2.85 bits per heavy atom. The Labute approximate surface area is 125 Å². The first-order valence-electron chi connectivity index (χ1n) is 5.98. The van der Waals surface area contributed by atoms with E-state index < -0.39 is 4.92 Å². The number of benzene rings is 1. The number of non-ortho nitro benzene ring substituents is 1. The number of nitro benzene ring substituents is 1. The molecule has 0 fully saturated rings. The van der Waals surface area contributed by atoms with Crippen LogP contribution in [0.25, 0.3) is 0 Å². The van der Waals surface area contributed by atoms with Crippen LogP contribution < -0.4 is 4.74 Å². The van der Waals surface area contributed by atoms with Gasteiger partial charge in [0.25, 0.3) is 5.69 Å². The van der Waals surface area contributed by atoms with Crippen molar-refractivity contribution in [2.75, 3.05) is 0 Å². The van der Waals surface area contributed by atoms with Gasteiger partial charge in [0, 0.05) is 17.4 Å². The number of ether oxygens (including phenoxy) is 1. The number of nitrogens with zero attached hydrogens (tertiary/aromatic N) is 2. The summed E-state index contributed by atoms with van der Waals surface area (Å²) in [5, 5.41) is 14.0. The van der Waals surface area contributed by atoms with Crippen LogP contribution in [0.2, 0.25) is 5.02 Å². The van der Waals surface area contributed by atoms with Crippen molar-refractivity contribution in [3.63, 3.8) is 0 Å². The summed E-state index contributed by atoms with van der Waals surface area (Å²) in [4.78, 5) is 14.7. The van der Waals surface area contributed by atoms with Gasteiger partial charge in [0.1, 0.15) is 12.4 Å². The third kappa shape index (κ3) is 3.46. The summed E-state index contributed by atoms with van der Waals surface area (Å²) >= 11 is 7.53. The van der Waals surface area contributed by atoms with E-state index in [4.69, 9.17) is 16.3 Å². The number of thiazole rings is 1. The Hall–Kier alpha value is -1.66. The van der Waals surface area contributed by atoms with Crippen molar-refractivity contribution in [2.24, 2.45) is 0 Å². The van der Waals surface area contributed by atoms with Gasteiger partial charge in [-0.05, 0) is 6.07 Å². The topological polar surface area (TPSA) is 65.3 Å². The van der Waals surface area contributed by atoms with Gasteiger partial charge < -0.3 is 4.74 Å². The average Bonchev–Trinajstić information content (AvgIpc) is 2.86. The lowest BCUT2D eigenvalue weighted by Gasteiger charge is -2.06. The monoisotopic (exact) mass is 312 g/mol. The maximum Gasteiger partial charge on any atom is 0.273 e. The molecule has 0 unspecified atom stereocenters. The minimum absolute atomic E-state index is 0.0504. The lowest BCUT2D eigenvalue weighted by Crippen LogP contribution is -1.98. The lowest BCUT2D eigenvalue weighted by molar-refractivity contribution is -0.384. The van der Waals surface area contributed by atoms with E-state index in [2.05, 4.69) is 18.8 Å². The normalized spacial score (nSPS) is 10.8. The van der Waals surface area contributed by atoms with Gasteiger partial charge in [-0.2, -0.15) is 0 Å². The molecule has 7 heteroatoms. The SMILES string of the molecule is CC(C)c1nc(COc2cc([N+](=O)[O-])ccc2Cl)cs1. The summed E-state index contributed by atoms with van der Waals surface area (Å²) in [6.07, 6.45) is 0. The molecule has 0 N–H and O–H groups in total. The molecule has 0 aliphatic rings. The number of hydrogen-bond donors (Lipinski definition) is 0. The summed E-state index contributed by atoms with van der Waals surface area (Å²) in [7, 11) is 0. The third-order valence-electron chi connectivity index (χ3n) is 2.56. The number of hydrogen-bond acceptors (Lipinski definition) is 5. The molecule has 0 spiro atoms. The second-order valence-electron chi connectivity index (χ2n) is 4.49. The van der Waals surface area contributed by atoms with Crippen molar-refractivity contribution in [1.82, 2.24) is 4.98 Å². The molecule has 0 atom stereocenters. The molecule has 106 valence electrons. The van der Waals surface area contributed by atoms with Crippen molar-refractivity contribution in [1.29, 1.82) is 0 Å². The summed E-state index contributed by atoms with van der Waals surface area (Å²) in [5.41, 5.74) is 0.742. The van der Waals surface area contributed by atoms with E-state index in [-0.39, 0.29) is 12.3 Å². The molecule has 1 heterocycles. The molecule has 0 aliphatic carbocycles. The van der Waals surface area contributed by atoms with E-state index >= 15 is 0 Å². The first-order valence-corrected chi connectivity index (χ1v) is 7.24. The Morgan fingerprint density at radius 2 is 2.25 bits per heavy atom. The van der Waals surface area contributed by atoms with Gasteiger partial charge in [-0.15, -0.1) is 11.3 Å². The molecule has 0 radical (unpaired) electrons.